The van der Waals surface area contributed by atoms with Crippen molar-refractivity contribution in [2.75, 3.05) is 20.3 Å². The number of ketones is 1. The molecule has 0 bridgehead atoms. The molecule has 0 radical (unpaired) electrons. The van der Waals surface area contributed by atoms with Crippen LogP contribution in [-0.2, 0) is 18.7 Å². The summed E-state index contributed by atoms with van der Waals surface area (Å²) in [6.07, 6.45) is 10.8. The van der Waals surface area contributed by atoms with Gasteiger partial charge in [-0.1, -0.05) is 65.8 Å². The third-order valence-electron chi connectivity index (χ3n) is 9.41. The van der Waals surface area contributed by atoms with Gasteiger partial charge in [0.25, 0.3) is 8.32 Å². The van der Waals surface area contributed by atoms with Gasteiger partial charge in [-0.05, 0) is 116 Å². The van der Waals surface area contributed by atoms with Gasteiger partial charge in [-0.25, -0.2) is 0 Å². The monoisotopic (exact) mass is 768 g/mol. The Hall–Kier alpha value is -1.25. The van der Waals surface area contributed by atoms with E-state index in [0.29, 0.717) is 19.0 Å². The summed E-state index contributed by atoms with van der Waals surface area (Å²) in [5.41, 5.74) is -0.432. The molecule has 1 aliphatic carbocycles. The van der Waals surface area contributed by atoms with Gasteiger partial charge in [0.15, 0.2) is 19.9 Å². The Morgan fingerprint density at radius 3 is 2.09 bits per heavy atom. The Balaban J connectivity index is 1.87. The van der Waals surface area contributed by atoms with Gasteiger partial charge in [0, 0.05) is 8.99 Å². The van der Waals surface area contributed by atoms with Crippen LogP contribution in [0.5, 0.6) is 11.5 Å². The number of halogens is 1. The van der Waals surface area contributed by atoms with Crippen LogP contribution in [-0.4, -0.2) is 54.6 Å². The first kappa shape index (κ1) is 38.2. The Morgan fingerprint density at radius 2 is 1.58 bits per heavy atom. The maximum absolute atomic E-state index is 14.0. The van der Waals surface area contributed by atoms with Gasteiger partial charge < -0.3 is 23.1 Å². The lowest BCUT2D eigenvalue weighted by molar-refractivity contribution is -0.191. The highest BCUT2D eigenvalue weighted by molar-refractivity contribution is 14.1. The van der Waals surface area contributed by atoms with Crippen LogP contribution in [0, 0.1) is 16.2 Å². The molecule has 1 aromatic carbocycles. The van der Waals surface area contributed by atoms with Crippen LogP contribution < -0.4 is 9.16 Å². The first-order chi connectivity index (χ1) is 20.4. The second kappa shape index (κ2) is 13.3. The minimum atomic E-state index is -2.04. The number of benzene rings is 1. The fourth-order valence-electron chi connectivity index (χ4n) is 5.81. The fourth-order valence-corrected chi connectivity index (χ4v) is 9.91. The summed E-state index contributed by atoms with van der Waals surface area (Å²) < 4.78 is 32.5. The van der Waals surface area contributed by atoms with Gasteiger partial charge in [-0.2, -0.15) is 0 Å². The molecule has 1 aliphatic heterocycles. The van der Waals surface area contributed by atoms with Crippen molar-refractivity contribution in [2.24, 2.45) is 16.2 Å². The van der Waals surface area contributed by atoms with Crippen molar-refractivity contribution in [1.82, 2.24) is 0 Å². The summed E-state index contributed by atoms with van der Waals surface area (Å²) in [7, 11) is -2.11. The summed E-state index contributed by atoms with van der Waals surface area (Å²) in [6.45, 7) is 29.1. The van der Waals surface area contributed by atoms with Crippen molar-refractivity contribution in [1.29, 1.82) is 0 Å². The molecule has 1 heterocycles. The number of methoxy groups -OCH3 is 1. The van der Waals surface area contributed by atoms with Crippen molar-refractivity contribution in [2.45, 2.75) is 111 Å². The minimum Gasteiger partial charge on any atom is -0.541 e. The topological polar surface area (TPSA) is 63.2 Å². The predicted octanol–water partition coefficient (Wildman–Crippen LogP) is 9.96. The van der Waals surface area contributed by atoms with Gasteiger partial charge in [0.1, 0.15) is 5.75 Å². The highest BCUT2D eigenvalue weighted by atomic mass is 127. The van der Waals surface area contributed by atoms with E-state index in [1.54, 1.807) is 13.2 Å². The smallest absolute Gasteiger partial charge is 0.250 e. The normalized spacial score (nSPS) is 24.2. The molecule has 0 N–H and O–H groups in total. The number of hydrogen-bond donors (Lipinski definition) is 0. The average Bonchev–Trinajstić information content (AvgIpc) is 3.38. The van der Waals surface area contributed by atoms with Crippen LogP contribution in [0.15, 0.2) is 46.1 Å². The molecular weight excluding hydrogens is 711 g/mol. The molecular formula is C36H57IO6Si2. The maximum Gasteiger partial charge on any atom is 0.250 e. The molecule has 45 heavy (non-hydrogen) atoms. The zero-order chi connectivity index (χ0) is 34.3. The summed E-state index contributed by atoms with van der Waals surface area (Å²) in [6, 6.07) is 5.91. The number of carbonyl (C=O) groups is 1. The zero-order valence-electron chi connectivity index (χ0n) is 30.1. The first-order valence-corrected chi connectivity index (χ1v) is 23.4. The van der Waals surface area contributed by atoms with Crippen LogP contribution in [0.1, 0.15) is 67.4 Å². The Kier molecular flexibility index (Phi) is 11.3. The largest absolute Gasteiger partial charge is 0.541 e. The van der Waals surface area contributed by atoms with E-state index in [1.165, 1.54) is 3.58 Å². The third-order valence-corrected chi connectivity index (χ3v) is 15.6. The van der Waals surface area contributed by atoms with E-state index >= 15 is 0 Å². The summed E-state index contributed by atoms with van der Waals surface area (Å²) in [4.78, 5) is 14.0. The molecule has 9 heteroatoms. The molecule has 1 aromatic rings. The molecule has 2 atom stereocenters. The van der Waals surface area contributed by atoms with Gasteiger partial charge in [0.2, 0.25) is 5.79 Å². The van der Waals surface area contributed by atoms with E-state index in [4.69, 9.17) is 23.1 Å². The summed E-state index contributed by atoms with van der Waals surface area (Å²) in [5, 5.41) is 0.0660. The molecule has 1 saturated heterocycles. The quantitative estimate of drug-likeness (QED) is 0.127. The number of ether oxygens (including phenoxy) is 3. The molecule has 0 aromatic heterocycles. The molecule has 3 rings (SSSR count). The first-order valence-electron chi connectivity index (χ1n) is 16.0. The van der Waals surface area contributed by atoms with Gasteiger partial charge in [0.05, 0.1) is 31.8 Å². The maximum atomic E-state index is 14.0. The molecule has 2 aliphatic rings. The van der Waals surface area contributed by atoms with Crippen LogP contribution in [0.2, 0.25) is 37.8 Å². The van der Waals surface area contributed by atoms with Crippen LogP contribution in [0.3, 0.4) is 0 Å². The van der Waals surface area contributed by atoms with Crippen LogP contribution in [0.4, 0.5) is 0 Å². The van der Waals surface area contributed by atoms with Crippen LogP contribution in [0.25, 0.3) is 6.08 Å². The zero-order valence-corrected chi connectivity index (χ0v) is 34.3. The van der Waals surface area contributed by atoms with Crippen molar-refractivity contribution in [3.05, 3.63) is 51.6 Å². The standard InChI is InChI=1S/C36H57IO6Si2/c1-32(2,3)45(13,14)42-28-16-15-26(23-29(28)39-9)17-20-36(40-21-22-41-36)34(6,7)30(38)18-19-35(8)24-27(37)31(33(4,5)25-35)43-44(10,11)12/h15-20,23-24,31H,21-22,25H2,1-14H3/b19-18+,20-17+. The predicted molar refractivity (Wildman–Crippen MR) is 199 cm³/mol. The van der Waals surface area contributed by atoms with E-state index in [1.807, 2.05) is 44.2 Å². The van der Waals surface area contributed by atoms with E-state index in [0.717, 1.165) is 17.7 Å². The SMILES string of the molecule is COc1cc(/C=C/C2(C(C)(C)C(=O)/C=C/C3(C)C=C(I)C(O[Si](C)(C)C)C(C)(C)C3)OCCO2)ccc1O[Si](C)(C)C(C)(C)C. The average molecular weight is 769 g/mol. The highest BCUT2D eigenvalue weighted by Crippen LogP contribution is 2.50. The van der Waals surface area contributed by atoms with Crippen LogP contribution >= 0.6 is 22.6 Å². The van der Waals surface area contributed by atoms with Gasteiger partial charge in [-0.3, -0.25) is 4.79 Å². The molecule has 0 amide bonds. The van der Waals surface area contributed by atoms with Crippen molar-refractivity contribution < 1.29 is 27.9 Å². The second-order valence-corrected chi connectivity index (χ2v) is 27.0. The number of carbonyl (C=O) groups excluding carboxylic acids is 1. The molecule has 1 fully saturated rings. The summed E-state index contributed by atoms with van der Waals surface area (Å²) >= 11 is 2.42. The van der Waals surface area contributed by atoms with Crippen molar-refractivity contribution >= 4 is 51.1 Å². The fraction of sp³-hybridized carbons (Fsp3) is 0.639. The lowest BCUT2D eigenvalue weighted by atomic mass is 9.66. The molecule has 0 spiro atoms. The van der Waals surface area contributed by atoms with E-state index in [9.17, 15) is 4.79 Å². The number of rotatable bonds is 11. The van der Waals surface area contributed by atoms with E-state index in [-0.39, 0.29) is 27.8 Å². The van der Waals surface area contributed by atoms with E-state index < -0.39 is 27.8 Å². The lowest BCUT2D eigenvalue weighted by Crippen LogP contribution is -2.49. The third kappa shape index (κ3) is 8.81. The Labute approximate surface area is 288 Å². The number of allylic oxidation sites excluding steroid dienone is 3. The second-order valence-electron chi connectivity index (χ2n) is 16.6. The Bertz CT molecular complexity index is 1330. The van der Waals surface area contributed by atoms with Crippen molar-refractivity contribution in [3.63, 3.8) is 0 Å². The minimum absolute atomic E-state index is 0.0485. The lowest BCUT2D eigenvalue weighted by Gasteiger charge is -2.46. The van der Waals surface area contributed by atoms with Gasteiger partial charge in [-0.15, -0.1) is 0 Å². The molecule has 252 valence electrons. The van der Waals surface area contributed by atoms with Gasteiger partial charge >= 0.3 is 0 Å². The summed E-state index contributed by atoms with van der Waals surface area (Å²) in [5.74, 6) is 0.163. The van der Waals surface area contributed by atoms with E-state index in [2.05, 4.69) is 109 Å². The van der Waals surface area contributed by atoms with Crippen molar-refractivity contribution in [3.8, 4) is 11.5 Å². The Morgan fingerprint density at radius 1 is 0.978 bits per heavy atom. The molecule has 2 unspecified atom stereocenters. The highest BCUT2D eigenvalue weighted by Gasteiger charge is 2.52. The number of hydrogen-bond acceptors (Lipinski definition) is 6. The molecule has 0 saturated carbocycles. The molecule has 6 nitrogen and oxygen atoms in total.